The van der Waals surface area contributed by atoms with Crippen molar-refractivity contribution in [2.75, 3.05) is 37.0 Å². The number of nitrogens with one attached hydrogen (secondary N) is 2. The molecule has 0 aliphatic carbocycles. The Bertz CT molecular complexity index is 715. The summed E-state index contributed by atoms with van der Waals surface area (Å²) in [5, 5.41) is 6.79. The molecule has 0 unspecified atom stereocenters. The third kappa shape index (κ3) is 4.56. The van der Waals surface area contributed by atoms with Crippen LogP contribution in [-0.4, -0.2) is 47.6 Å². The van der Waals surface area contributed by atoms with Crippen LogP contribution in [0.15, 0.2) is 22.8 Å². The van der Waals surface area contributed by atoms with Gasteiger partial charge in [-0.15, -0.1) is 0 Å². The van der Waals surface area contributed by atoms with Gasteiger partial charge >= 0.3 is 0 Å². The number of anilines is 2. The molecule has 1 aromatic rings. The summed E-state index contributed by atoms with van der Waals surface area (Å²) < 4.78 is 11.1. The van der Waals surface area contributed by atoms with Gasteiger partial charge in [0.05, 0.1) is 24.1 Å². The van der Waals surface area contributed by atoms with Crippen LogP contribution in [0.5, 0.6) is 0 Å². The molecule has 0 saturated carbocycles. The van der Waals surface area contributed by atoms with Gasteiger partial charge in [0.2, 0.25) is 11.8 Å². The van der Waals surface area contributed by atoms with Gasteiger partial charge in [0, 0.05) is 19.8 Å². The Labute approximate surface area is 158 Å². The third-order valence-corrected chi connectivity index (χ3v) is 4.74. The number of halogens is 1. The van der Waals surface area contributed by atoms with E-state index in [9.17, 15) is 0 Å². The Morgan fingerprint density at radius 3 is 2.88 bits per heavy atom. The molecule has 1 saturated heterocycles. The highest BCUT2D eigenvalue weighted by Gasteiger charge is 2.27. The lowest BCUT2D eigenvalue weighted by molar-refractivity contribution is 0.0602. The Morgan fingerprint density at radius 1 is 1.35 bits per heavy atom. The number of nitrogens with zero attached hydrogens (tertiary/aromatic N) is 3. The predicted molar refractivity (Wildman–Crippen MR) is 103 cm³/mol. The predicted octanol–water partition coefficient (Wildman–Crippen LogP) is 2.53. The fourth-order valence-corrected chi connectivity index (χ4v) is 3.07. The Kier molecular flexibility index (Phi) is 5.83. The van der Waals surface area contributed by atoms with Gasteiger partial charge in [0.1, 0.15) is 10.7 Å². The average Bonchev–Trinajstić information content (AvgIpc) is 2.63. The van der Waals surface area contributed by atoms with Crippen LogP contribution >= 0.6 is 11.6 Å². The number of allylic oxidation sites excluding steroid dienone is 1. The Morgan fingerprint density at radius 2 is 2.12 bits per heavy atom. The molecule has 1 fully saturated rings. The van der Waals surface area contributed by atoms with Gasteiger partial charge in [-0.1, -0.05) is 11.6 Å². The van der Waals surface area contributed by atoms with E-state index in [1.54, 1.807) is 6.20 Å². The van der Waals surface area contributed by atoms with Gasteiger partial charge in [-0.2, -0.15) is 4.98 Å². The van der Waals surface area contributed by atoms with E-state index in [-0.39, 0.29) is 11.4 Å². The average molecular weight is 381 g/mol. The Balaban J connectivity index is 1.93. The van der Waals surface area contributed by atoms with Crippen molar-refractivity contribution in [3.63, 3.8) is 0 Å². The van der Waals surface area contributed by atoms with Gasteiger partial charge in [0.25, 0.3) is 0 Å². The molecule has 0 radical (unpaired) electrons. The molecule has 2 aliphatic heterocycles. The standard InChI is InChI=1S/C17H25ClN6O2/c1-11(24-17(2)4-8-25-9-5-17)13-14(19)26-7-3-6-20-15-12(18)10-21-16(22-13)23-15/h10H,3-9,19H2,1-2H3,(H2,20,21,22,23). The molecule has 26 heavy (non-hydrogen) atoms. The van der Waals surface area contributed by atoms with Crippen molar-refractivity contribution in [2.24, 2.45) is 10.7 Å². The van der Waals surface area contributed by atoms with Crippen LogP contribution in [0.25, 0.3) is 0 Å². The van der Waals surface area contributed by atoms with E-state index in [1.807, 2.05) is 6.92 Å². The lowest BCUT2D eigenvalue weighted by Crippen LogP contribution is -2.33. The van der Waals surface area contributed by atoms with E-state index in [1.165, 1.54) is 0 Å². The zero-order chi connectivity index (χ0) is 18.6. The minimum atomic E-state index is -0.183. The Hall–Kier alpha value is -2.06. The first-order valence-corrected chi connectivity index (χ1v) is 9.15. The van der Waals surface area contributed by atoms with E-state index in [0.29, 0.717) is 48.9 Å². The van der Waals surface area contributed by atoms with Crippen LogP contribution in [0.4, 0.5) is 11.8 Å². The van der Waals surface area contributed by atoms with Gasteiger partial charge in [-0.3, -0.25) is 4.99 Å². The highest BCUT2D eigenvalue weighted by molar-refractivity contribution is 6.32. The molecule has 142 valence electrons. The van der Waals surface area contributed by atoms with Crippen molar-refractivity contribution >= 4 is 29.1 Å². The van der Waals surface area contributed by atoms with Crippen LogP contribution < -0.4 is 16.4 Å². The fourth-order valence-electron chi connectivity index (χ4n) is 2.91. The van der Waals surface area contributed by atoms with Crippen molar-refractivity contribution in [3.8, 4) is 0 Å². The summed E-state index contributed by atoms with van der Waals surface area (Å²) in [5.74, 6) is 1.24. The van der Waals surface area contributed by atoms with Crippen molar-refractivity contribution < 1.29 is 9.47 Å². The molecule has 1 aromatic heterocycles. The molecular weight excluding hydrogens is 356 g/mol. The zero-order valence-electron chi connectivity index (χ0n) is 15.1. The fraction of sp³-hybridized carbons (Fsp3) is 0.588. The second kappa shape index (κ2) is 8.09. The minimum absolute atomic E-state index is 0.183. The number of hydrogen-bond donors (Lipinski definition) is 3. The van der Waals surface area contributed by atoms with E-state index < -0.39 is 0 Å². The number of ether oxygens (including phenoxy) is 2. The van der Waals surface area contributed by atoms with Crippen molar-refractivity contribution in [2.45, 2.75) is 38.6 Å². The summed E-state index contributed by atoms with van der Waals surface area (Å²) in [7, 11) is 0. The number of fused-ring (bicyclic) bond motifs is 2. The molecule has 3 rings (SSSR count). The van der Waals surface area contributed by atoms with Crippen LogP contribution in [0, 0.1) is 0 Å². The van der Waals surface area contributed by atoms with Crippen LogP contribution in [-0.2, 0) is 9.47 Å². The monoisotopic (exact) mass is 380 g/mol. The molecule has 0 spiro atoms. The van der Waals surface area contributed by atoms with E-state index in [4.69, 9.17) is 31.8 Å². The summed E-state index contributed by atoms with van der Waals surface area (Å²) in [6.45, 7) is 6.60. The molecule has 2 bridgehead atoms. The van der Waals surface area contributed by atoms with Crippen LogP contribution in [0.3, 0.4) is 0 Å². The summed E-state index contributed by atoms with van der Waals surface area (Å²) in [5.41, 5.74) is 7.33. The summed E-state index contributed by atoms with van der Waals surface area (Å²) in [6.07, 6.45) is 4.04. The van der Waals surface area contributed by atoms with Gasteiger partial charge in [-0.05, 0) is 33.1 Å². The van der Waals surface area contributed by atoms with E-state index >= 15 is 0 Å². The van der Waals surface area contributed by atoms with Crippen molar-refractivity contribution in [3.05, 3.63) is 22.8 Å². The van der Waals surface area contributed by atoms with Crippen molar-refractivity contribution in [1.29, 1.82) is 0 Å². The lowest BCUT2D eigenvalue weighted by atomic mass is 9.93. The molecule has 3 heterocycles. The normalized spacial score (nSPS) is 21.1. The summed E-state index contributed by atoms with van der Waals surface area (Å²) >= 11 is 6.15. The second-order valence-electron chi connectivity index (χ2n) is 6.69. The SMILES string of the molecule is CC(=NC1(C)CCOCC1)C1=C(N)OCCCNc2nc(ncc2Cl)N1. The molecule has 4 N–H and O–H groups in total. The third-order valence-electron chi connectivity index (χ3n) is 4.47. The lowest BCUT2D eigenvalue weighted by Gasteiger charge is -2.30. The van der Waals surface area contributed by atoms with Crippen LogP contribution in [0.2, 0.25) is 5.02 Å². The first kappa shape index (κ1) is 18.7. The number of nitrogens with two attached hydrogens (primary N) is 1. The van der Waals surface area contributed by atoms with Gasteiger partial charge < -0.3 is 25.8 Å². The summed E-state index contributed by atoms with van der Waals surface area (Å²) in [4.78, 5) is 13.6. The number of rotatable bonds is 2. The zero-order valence-corrected chi connectivity index (χ0v) is 15.9. The van der Waals surface area contributed by atoms with Gasteiger partial charge in [0.15, 0.2) is 5.82 Å². The smallest absolute Gasteiger partial charge is 0.229 e. The number of aliphatic imine (C=N–C) groups is 1. The maximum atomic E-state index is 6.19. The topological polar surface area (TPSA) is 107 Å². The molecule has 0 aromatic carbocycles. The molecule has 0 atom stereocenters. The van der Waals surface area contributed by atoms with E-state index in [0.717, 1.165) is 25.0 Å². The quantitative estimate of drug-likeness (QED) is 0.676. The first-order chi connectivity index (χ1) is 12.5. The van der Waals surface area contributed by atoms with E-state index in [2.05, 4.69) is 27.5 Å². The molecule has 2 aliphatic rings. The number of hydrogen-bond acceptors (Lipinski definition) is 8. The van der Waals surface area contributed by atoms with Crippen molar-refractivity contribution in [1.82, 2.24) is 9.97 Å². The minimum Gasteiger partial charge on any atom is -0.478 e. The largest absolute Gasteiger partial charge is 0.478 e. The van der Waals surface area contributed by atoms with Gasteiger partial charge in [-0.25, -0.2) is 4.98 Å². The molecule has 0 amide bonds. The van der Waals surface area contributed by atoms with Crippen LogP contribution in [0.1, 0.15) is 33.1 Å². The maximum Gasteiger partial charge on any atom is 0.229 e. The summed E-state index contributed by atoms with van der Waals surface area (Å²) in [6, 6.07) is 0. The second-order valence-corrected chi connectivity index (χ2v) is 7.10. The number of aromatic nitrogens is 2. The highest BCUT2D eigenvalue weighted by Crippen LogP contribution is 2.26. The first-order valence-electron chi connectivity index (χ1n) is 8.77. The maximum absolute atomic E-state index is 6.19. The molecule has 8 nitrogen and oxygen atoms in total. The molecule has 9 heteroatoms. The molecular formula is C17H25ClN6O2. The highest BCUT2D eigenvalue weighted by atomic mass is 35.5.